The predicted octanol–water partition coefficient (Wildman–Crippen LogP) is -0.0445. The molecule has 1 aromatic rings. The molecule has 8 heteroatoms. The number of hydrogen-bond acceptors (Lipinski definition) is 4. The van der Waals surface area contributed by atoms with Gasteiger partial charge in [0.25, 0.3) is 15.6 Å². The van der Waals surface area contributed by atoms with Crippen molar-refractivity contribution in [2.75, 3.05) is 6.54 Å². The van der Waals surface area contributed by atoms with Crippen LogP contribution in [0.2, 0.25) is 0 Å². The van der Waals surface area contributed by atoms with E-state index in [9.17, 15) is 18.0 Å². The molecule has 0 aromatic carbocycles. The van der Waals surface area contributed by atoms with Gasteiger partial charge in [-0.15, -0.1) is 0 Å². The van der Waals surface area contributed by atoms with E-state index in [1.54, 1.807) is 0 Å². The van der Waals surface area contributed by atoms with Gasteiger partial charge in [-0.1, -0.05) is 6.42 Å². The van der Waals surface area contributed by atoms with Crippen LogP contribution < -0.4 is 11.2 Å². The fourth-order valence-electron chi connectivity index (χ4n) is 2.76. The molecule has 0 unspecified atom stereocenters. The average molecular weight is 315 g/mol. The van der Waals surface area contributed by atoms with Crippen LogP contribution in [0.4, 0.5) is 0 Å². The van der Waals surface area contributed by atoms with Crippen LogP contribution in [0.25, 0.3) is 0 Å². The van der Waals surface area contributed by atoms with Gasteiger partial charge in [-0.05, 0) is 26.7 Å². The summed E-state index contributed by atoms with van der Waals surface area (Å²) in [6.45, 7) is 3.75. The summed E-state index contributed by atoms with van der Waals surface area (Å²) >= 11 is 0. The van der Waals surface area contributed by atoms with Gasteiger partial charge >= 0.3 is 5.69 Å². The standard InChI is InChI=1S/C13H21N3O4S/c1-9-7-5-6-8-16(9)21(19,20)11-10(2)14(3)13(18)15(4)12(11)17/h9H,5-8H2,1-4H3/t9-/m0/s1. The first kappa shape index (κ1) is 16.0. The van der Waals surface area contributed by atoms with Crippen molar-refractivity contribution in [2.24, 2.45) is 14.1 Å². The van der Waals surface area contributed by atoms with Crippen LogP contribution >= 0.6 is 0 Å². The van der Waals surface area contributed by atoms with E-state index in [4.69, 9.17) is 0 Å². The van der Waals surface area contributed by atoms with E-state index in [0.29, 0.717) is 6.54 Å². The molecule has 0 aliphatic carbocycles. The molecule has 1 aliphatic rings. The normalized spacial score (nSPS) is 20.7. The zero-order valence-electron chi connectivity index (χ0n) is 12.8. The second-order valence-electron chi connectivity index (χ2n) is 5.58. The predicted molar refractivity (Wildman–Crippen MR) is 78.9 cm³/mol. The highest BCUT2D eigenvalue weighted by atomic mass is 32.2. The van der Waals surface area contributed by atoms with Gasteiger partial charge in [0.1, 0.15) is 0 Å². The first-order chi connectivity index (χ1) is 9.69. The summed E-state index contributed by atoms with van der Waals surface area (Å²) in [6.07, 6.45) is 2.55. The van der Waals surface area contributed by atoms with E-state index in [1.165, 1.54) is 29.9 Å². The zero-order valence-corrected chi connectivity index (χ0v) is 13.6. The quantitative estimate of drug-likeness (QED) is 0.766. The Bertz CT molecular complexity index is 776. The van der Waals surface area contributed by atoms with Gasteiger partial charge < -0.3 is 0 Å². The highest BCUT2D eigenvalue weighted by molar-refractivity contribution is 7.89. The molecule has 1 saturated heterocycles. The van der Waals surface area contributed by atoms with Crippen molar-refractivity contribution < 1.29 is 8.42 Å². The molecule has 0 bridgehead atoms. The number of aromatic nitrogens is 2. The van der Waals surface area contributed by atoms with Crippen LogP contribution in [0.1, 0.15) is 31.9 Å². The molecule has 2 rings (SSSR count). The Labute approximate surface area is 123 Å². The summed E-state index contributed by atoms with van der Waals surface area (Å²) in [6, 6.07) is -0.134. The third-order valence-electron chi connectivity index (χ3n) is 4.21. The summed E-state index contributed by atoms with van der Waals surface area (Å²) in [4.78, 5) is 23.9. The molecule has 0 N–H and O–H groups in total. The van der Waals surface area contributed by atoms with Gasteiger partial charge in [0.05, 0.1) is 0 Å². The summed E-state index contributed by atoms with van der Waals surface area (Å²) in [5.74, 6) is 0. The van der Waals surface area contributed by atoms with Crippen LogP contribution in [-0.4, -0.2) is 34.4 Å². The SMILES string of the molecule is Cc1c(S(=O)(=O)N2CCCC[C@@H]2C)c(=O)n(C)c(=O)n1C. The van der Waals surface area contributed by atoms with Crippen molar-refractivity contribution in [1.29, 1.82) is 0 Å². The molecule has 1 aliphatic heterocycles. The number of rotatable bonds is 2. The summed E-state index contributed by atoms with van der Waals surface area (Å²) in [5.41, 5.74) is -1.10. The molecule has 1 atom stereocenters. The van der Waals surface area contributed by atoms with Crippen LogP contribution in [0.5, 0.6) is 0 Å². The van der Waals surface area contributed by atoms with Crippen molar-refractivity contribution in [1.82, 2.24) is 13.4 Å². The Morgan fingerprint density at radius 3 is 2.29 bits per heavy atom. The molecule has 7 nitrogen and oxygen atoms in total. The van der Waals surface area contributed by atoms with E-state index in [2.05, 4.69) is 0 Å². The summed E-state index contributed by atoms with van der Waals surface area (Å²) < 4.78 is 29.1. The maximum Gasteiger partial charge on any atom is 0.330 e. The Morgan fingerprint density at radius 2 is 1.71 bits per heavy atom. The molecule has 0 saturated carbocycles. The lowest BCUT2D eigenvalue weighted by molar-refractivity contribution is 0.268. The van der Waals surface area contributed by atoms with Gasteiger partial charge in [0.2, 0.25) is 0 Å². The van der Waals surface area contributed by atoms with Gasteiger partial charge in [-0.3, -0.25) is 13.9 Å². The second-order valence-corrected chi connectivity index (χ2v) is 7.41. The van der Waals surface area contributed by atoms with E-state index < -0.39 is 21.3 Å². The van der Waals surface area contributed by atoms with Crippen molar-refractivity contribution in [3.8, 4) is 0 Å². The number of hydrogen-bond donors (Lipinski definition) is 0. The Morgan fingerprint density at radius 1 is 1.10 bits per heavy atom. The van der Waals surface area contributed by atoms with Crippen molar-refractivity contribution >= 4 is 10.0 Å². The van der Waals surface area contributed by atoms with Crippen LogP contribution in [0, 0.1) is 6.92 Å². The van der Waals surface area contributed by atoms with Gasteiger partial charge in [-0.25, -0.2) is 13.2 Å². The lowest BCUT2D eigenvalue weighted by atomic mass is 10.1. The summed E-state index contributed by atoms with van der Waals surface area (Å²) in [7, 11) is -1.13. The van der Waals surface area contributed by atoms with Crippen LogP contribution in [0.3, 0.4) is 0 Å². The molecular weight excluding hydrogens is 294 g/mol. The highest BCUT2D eigenvalue weighted by Gasteiger charge is 2.35. The first-order valence-electron chi connectivity index (χ1n) is 6.98. The van der Waals surface area contributed by atoms with E-state index in [1.807, 2.05) is 6.92 Å². The minimum Gasteiger partial charge on any atom is -0.300 e. The van der Waals surface area contributed by atoms with Crippen LogP contribution in [0.15, 0.2) is 14.5 Å². The zero-order chi connectivity index (χ0) is 15.9. The molecule has 21 heavy (non-hydrogen) atoms. The topological polar surface area (TPSA) is 81.4 Å². The third-order valence-corrected chi connectivity index (χ3v) is 6.36. The fourth-order valence-corrected chi connectivity index (χ4v) is 4.81. The Hall–Kier alpha value is -1.41. The van der Waals surface area contributed by atoms with Gasteiger partial charge in [0, 0.05) is 32.4 Å². The maximum atomic E-state index is 12.9. The lowest BCUT2D eigenvalue weighted by Gasteiger charge is -2.32. The van der Waals surface area contributed by atoms with E-state index >= 15 is 0 Å². The smallest absolute Gasteiger partial charge is 0.300 e. The van der Waals surface area contributed by atoms with Crippen molar-refractivity contribution in [3.05, 3.63) is 26.5 Å². The third kappa shape index (κ3) is 2.46. The molecular formula is C13H21N3O4S. The minimum absolute atomic E-state index is 0.134. The number of piperidine rings is 1. The molecule has 0 amide bonds. The highest BCUT2D eigenvalue weighted by Crippen LogP contribution is 2.24. The van der Waals surface area contributed by atoms with E-state index in [0.717, 1.165) is 23.8 Å². The first-order valence-corrected chi connectivity index (χ1v) is 8.42. The Kier molecular flexibility index (Phi) is 4.12. The second kappa shape index (κ2) is 5.42. The van der Waals surface area contributed by atoms with E-state index in [-0.39, 0.29) is 16.6 Å². The molecule has 1 fully saturated rings. The van der Waals surface area contributed by atoms with Gasteiger partial charge in [0.15, 0.2) is 4.90 Å². The summed E-state index contributed by atoms with van der Waals surface area (Å²) in [5, 5.41) is 0. The largest absolute Gasteiger partial charge is 0.330 e. The number of sulfonamides is 1. The van der Waals surface area contributed by atoms with Gasteiger partial charge in [-0.2, -0.15) is 4.31 Å². The van der Waals surface area contributed by atoms with Crippen molar-refractivity contribution in [2.45, 2.75) is 44.0 Å². The molecule has 2 heterocycles. The molecule has 1 aromatic heterocycles. The lowest BCUT2D eigenvalue weighted by Crippen LogP contribution is -2.47. The van der Waals surface area contributed by atoms with Crippen LogP contribution in [-0.2, 0) is 24.1 Å². The fraction of sp³-hybridized carbons (Fsp3) is 0.692. The Balaban J connectivity index is 2.72. The minimum atomic E-state index is -3.89. The average Bonchev–Trinajstić information content (AvgIpc) is 2.43. The molecule has 0 radical (unpaired) electrons. The molecule has 0 spiro atoms. The maximum absolute atomic E-state index is 12.9. The van der Waals surface area contributed by atoms with Crippen molar-refractivity contribution in [3.63, 3.8) is 0 Å². The number of nitrogens with zero attached hydrogens (tertiary/aromatic N) is 3. The monoisotopic (exact) mass is 315 g/mol. The molecule has 118 valence electrons.